The van der Waals surface area contributed by atoms with Gasteiger partial charge in [0.25, 0.3) is 11.6 Å². The van der Waals surface area contributed by atoms with Gasteiger partial charge in [-0.2, -0.15) is 10.2 Å². The van der Waals surface area contributed by atoms with Crippen LogP contribution in [0.1, 0.15) is 21.6 Å². The number of ether oxygens (including phenoxy) is 3. The summed E-state index contributed by atoms with van der Waals surface area (Å²) in [6.07, 6.45) is 3.07. The third-order valence-electron chi connectivity index (χ3n) is 4.49. The maximum absolute atomic E-state index is 12.5. The highest BCUT2D eigenvalue weighted by Gasteiger charge is 2.16. The van der Waals surface area contributed by atoms with E-state index in [-0.39, 0.29) is 11.4 Å². The summed E-state index contributed by atoms with van der Waals surface area (Å²) in [5.74, 6) is 0.839. The molecule has 0 aliphatic carbocycles. The number of aromatic nitrogens is 2. The fourth-order valence-electron chi connectivity index (χ4n) is 2.94. The van der Waals surface area contributed by atoms with Gasteiger partial charge >= 0.3 is 0 Å². The first-order valence-corrected chi connectivity index (χ1v) is 10.2. The van der Waals surface area contributed by atoms with Crippen LogP contribution >= 0.6 is 15.9 Å². The van der Waals surface area contributed by atoms with Gasteiger partial charge in [-0.15, -0.1) is 0 Å². The second-order valence-electron chi connectivity index (χ2n) is 6.60. The summed E-state index contributed by atoms with van der Waals surface area (Å²) in [5.41, 5.74) is 3.98. The SMILES string of the molecule is COc1cc(/C=N\NC(=O)c2nn(Cc3ccc([N+](=O)[O-])cc3)cc2Br)cc(OC)c1OC. The number of benzene rings is 2. The van der Waals surface area contributed by atoms with Crippen LogP contribution in [0.25, 0.3) is 0 Å². The Balaban J connectivity index is 1.69. The number of carbonyl (C=O) groups excluding carboxylic acids is 1. The van der Waals surface area contributed by atoms with E-state index in [9.17, 15) is 14.9 Å². The van der Waals surface area contributed by atoms with Crippen molar-refractivity contribution in [2.24, 2.45) is 5.10 Å². The lowest BCUT2D eigenvalue weighted by atomic mass is 10.2. The molecule has 12 heteroatoms. The van der Waals surface area contributed by atoms with Crippen LogP contribution < -0.4 is 19.6 Å². The van der Waals surface area contributed by atoms with Crippen molar-refractivity contribution in [1.29, 1.82) is 0 Å². The molecule has 0 spiro atoms. The zero-order valence-electron chi connectivity index (χ0n) is 17.9. The molecule has 1 heterocycles. The Kier molecular flexibility index (Phi) is 7.61. The van der Waals surface area contributed by atoms with Crippen molar-refractivity contribution >= 4 is 33.7 Å². The van der Waals surface area contributed by atoms with Crippen LogP contribution in [0.15, 0.2) is 52.2 Å². The number of methoxy groups -OCH3 is 3. The lowest BCUT2D eigenvalue weighted by Crippen LogP contribution is -2.19. The number of non-ortho nitro benzene ring substituents is 1. The predicted molar refractivity (Wildman–Crippen MR) is 123 cm³/mol. The molecule has 0 atom stereocenters. The maximum atomic E-state index is 12.5. The van der Waals surface area contributed by atoms with Crippen LogP contribution in [0.5, 0.6) is 17.2 Å². The van der Waals surface area contributed by atoms with Crippen LogP contribution in [0.3, 0.4) is 0 Å². The van der Waals surface area contributed by atoms with E-state index < -0.39 is 10.8 Å². The number of hydrazone groups is 1. The first-order valence-electron chi connectivity index (χ1n) is 9.46. The number of carbonyl (C=O) groups is 1. The van der Waals surface area contributed by atoms with Gasteiger partial charge in [0.1, 0.15) is 0 Å². The van der Waals surface area contributed by atoms with Crippen LogP contribution in [0.4, 0.5) is 5.69 Å². The molecular weight excluding hydrogens is 498 g/mol. The molecule has 0 unspecified atom stereocenters. The minimum Gasteiger partial charge on any atom is -0.493 e. The van der Waals surface area contributed by atoms with E-state index in [1.807, 2.05) is 0 Å². The summed E-state index contributed by atoms with van der Waals surface area (Å²) in [6.45, 7) is 0.332. The summed E-state index contributed by atoms with van der Waals surface area (Å²) >= 11 is 3.32. The van der Waals surface area contributed by atoms with E-state index in [1.165, 1.54) is 39.7 Å². The fraction of sp³-hybridized carbons (Fsp3) is 0.190. The van der Waals surface area contributed by atoms with E-state index in [4.69, 9.17) is 14.2 Å². The van der Waals surface area contributed by atoms with E-state index in [0.717, 1.165) is 5.56 Å². The topological polar surface area (TPSA) is 130 Å². The van der Waals surface area contributed by atoms with Gasteiger partial charge in [-0.05, 0) is 33.6 Å². The first-order chi connectivity index (χ1) is 15.9. The Morgan fingerprint density at radius 1 is 1.18 bits per heavy atom. The van der Waals surface area contributed by atoms with Gasteiger partial charge in [0.05, 0.1) is 43.5 Å². The fourth-order valence-corrected chi connectivity index (χ4v) is 3.43. The maximum Gasteiger partial charge on any atom is 0.293 e. The number of hydrogen-bond acceptors (Lipinski definition) is 8. The minimum absolute atomic E-state index is 0.00502. The monoisotopic (exact) mass is 517 g/mol. The predicted octanol–water partition coefficient (Wildman–Crippen LogP) is 3.39. The van der Waals surface area contributed by atoms with E-state index in [1.54, 1.807) is 35.1 Å². The van der Waals surface area contributed by atoms with Crippen molar-refractivity contribution in [3.63, 3.8) is 0 Å². The van der Waals surface area contributed by atoms with E-state index in [2.05, 4.69) is 31.6 Å². The summed E-state index contributed by atoms with van der Waals surface area (Å²) in [7, 11) is 4.52. The van der Waals surface area contributed by atoms with Crippen molar-refractivity contribution in [3.8, 4) is 17.2 Å². The molecule has 0 saturated carbocycles. The zero-order valence-corrected chi connectivity index (χ0v) is 19.5. The molecule has 0 bridgehead atoms. The van der Waals surface area contributed by atoms with Crippen LogP contribution in [0.2, 0.25) is 0 Å². The summed E-state index contributed by atoms with van der Waals surface area (Å²) in [6, 6.07) is 9.47. The van der Waals surface area contributed by atoms with Crippen LogP contribution in [-0.2, 0) is 6.54 Å². The summed E-state index contributed by atoms with van der Waals surface area (Å²) in [5, 5.41) is 19.0. The van der Waals surface area contributed by atoms with Gasteiger partial charge in [0.2, 0.25) is 5.75 Å². The second kappa shape index (κ2) is 10.6. The molecule has 1 aromatic heterocycles. The van der Waals surface area contributed by atoms with Gasteiger partial charge in [0, 0.05) is 23.9 Å². The normalized spacial score (nSPS) is 10.8. The zero-order chi connectivity index (χ0) is 24.0. The molecule has 0 aliphatic heterocycles. The number of nitro groups is 1. The average molecular weight is 518 g/mol. The molecule has 3 aromatic rings. The van der Waals surface area contributed by atoms with Gasteiger partial charge in [-0.25, -0.2) is 5.43 Å². The molecule has 3 rings (SSSR count). The highest BCUT2D eigenvalue weighted by atomic mass is 79.9. The lowest BCUT2D eigenvalue weighted by molar-refractivity contribution is -0.384. The number of nitrogens with zero attached hydrogens (tertiary/aromatic N) is 4. The van der Waals surface area contributed by atoms with Crippen molar-refractivity contribution in [3.05, 3.63) is 74.0 Å². The second-order valence-corrected chi connectivity index (χ2v) is 7.46. The van der Waals surface area contributed by atoms with Gasteiger partial charge < -0.3 is 14.2 Å². The Labute approximate surface area is 197 Å². The molecule has 1 amide bonds. The Hall–Kier alpha value is -3.93. The highest BCUT2D eigenvalue weighted by Crippen LogP contribution is 2.37. The average Bonchev–Trinajstić information content (AvgIpc) is 3.18. The Bertz CT molecular complexity index is 1170. The molecular formula is C21H20BrN5O6. The quantitative estimate of drug-likeness (QED) is 0.261. The smallest absolute Gasteiger partial charge is 0.293 e. The summed E-state index contributed by atoms with van der Waals surface area (Å²) in [4.78, 5) is 22.8. The number of rotatable bonds is 9. The van der Waals surface area contributed by atoms with Crippen molar-refractivity contribution in [2.75, 3.05) is 21.3 Å². The van der Waals surface area contributed by atoms with Crippen molar-refractivity contribution in [2.45, 2.75) is 6.54 Å². The van der Waals surface area contributed by atoms with Crippen molar-refractivity contribution < 1.29 is 23.9 Å². The van der Waals surface area contributed by atoms with E-state index >= 15 is 0 Å². The molecule has 0 saturated heterocycles. The Morgan fingerprint density at radius 2 is 1.82 bits per heavy atom. The molecule has 11 nitrogen and oxygen atoms in total. The molecule has 0 radical (unpaired) electrons. The Morgan fingerprint density at radius 3 is 2.36 bits per heavy atom. The summed E-state index contributed by atoms with van der Waals surface area (Å²) < 4.78 is 17.9. The number of halogens is 1. The number of nitro benzene ring substituents is 1. The van der Waals surface area contributed by atoms with E-state index in [0.29, 0.717) is 33.8 Å². The molecule has 33 heavy (non-hydrogen) atoms. The van der Waals surface area contributed by atoms with Crippen LogP contribution in [0, 0.1) is 10.1 Å². The van der Waals surface area contributed by atoms with Crippen LogP contribution in [-0.4, -0.2) is 48.2 Å². The third-order valence-corrected chi connectivity index (χ3v) is 5.07. The number of hydrogen-bond donors (Lipinski definition) is 1. The van der Waals surface area contributed by atoms with Gasteiger partial charge in [0.15, 0.2) is 17.2 Å². The largest absolute Gasteiger partial charge is 0.493 e. The van der Waals surface area contributed by atoms with Gasteiger partial charge in [-0.1, -0.05) is 12.1 Å². The number of nitrogens with one attached hydrogen (secondary N) is 1. The van der Waals surface area contributed by atoms with Gasteiger partial charge in [-0.3, -0.25) is 19.6 Å². The standard InChI is InChI=1S/C21H20BrN5O6/c1-31-17-8-14(9-18(32-2)20(17)33-3)10-23-24-21(28)19-16(22)12-26(25-19)11-13-4-6-15(7-5-13)27(29)30/h4-10,12H,11H2,1-3H3,(H,24,28)/b23-10-. The molecule has 1 N–H and O–H groups in total. The lowest BCUT2D eigenvalue weighted by Gasteiger charge is -2.12. The molecule has 172 valence electrons. The minimum atomic E-state index is -0.520. The molecule has 2 aromatic carbocycles. The number of amides is 1. The first kappa shape index (κ1) is 23.7. The highest BCUT2D eigenvalue weighted by molar-refractivity contribution is 9.10. The molecule has 0 aliphatic rings. The molecule has 0 fully saturated rings. The third kappa shape index (κ3) is 5.66. The van der Waals surface area contributed by atoms with Crippen molar-refractivity contribution in [1.82, 2.24) is 15.2 Å².